The molecule has 0 aromatic heterocycles. The van der Waals surface area contributed by atoms with Crippen molar-refractivity contribution in [2.75, 3.05) is 34.8 Å². The minimum Gasteiger partial charge on any atom is -0.478 e. The Hall–Kier alpha value is -1.89. The molecule has 1 fully saturated rings. The molecule has 1 amide bonds. The molecule has 0 saturated carbocycles. The third kappa shape index (κ3) is 5.06. The maximum atomic E-state index is 11.9. The van der Waals surface area contributed by atoms with E-state index in [1.54, 1.807) is 32.9 Å². The minimum atomic E-state index is -1.08. The Morgan fingerprint density at radius 3 is 2.48 bits per heavy atom. The van der Waals surface area contributed by atoms with Crippen molar-refractivity contribution in [3.8, 4) is 0 Å². The number of carbonyl (C=O) groups is 2. The Morgan fingerprint density at radius 1 is 1.26 bits per heavy atom. The van der Waals surface area contributed by atoms with E-state index in [0.717, 1.165) is 30.3 Å². The smallest absolute Gasteiger partial charge is 0.412 e. The molecule has 1 heterocycles. The second kappa shape index (κ2) is 7.12. The zero-order valence-corrected chi connectivity index (χ0v) is 14.4. The Labute approximate surface area is 140 Å². The number of thioether (sulfide) groups is 1. The van der Waals surface area contributed by atoms with E-state index >= 15 is 0 Å². The zero-order valence-electron chi connectivity index (χ0n) is 13.6. The lowest BCUT2D eigenvalue weighted by Crippen LogP contribution is -2.32. The van der Waals surface area contributed by atoms with E-state index in [-0.39, 0.29) is 11.3 Å². The summed E-state index contributed by atoms with van der Waals surface area (Å²) >= 11 is 1.89. The first kappa shape index (κ1) is 17.5. The predicted octanol–water partition coefficient (Wildman–Crippen LogP) is 3.29. The third-order valence-corrected chi connectivity index (χ3v) is 4.19. The second-order valence-electron chi connectivity index (χ2n) is 6.26. The summed E-state index contributed by atoms with van der Waals surface area (Å²) in [6.07, 6.45) is -0.665. The molecule has 23 heavy (non-hydrogen) atoms. The number of amides is 1. The molecular weight excluding hydrogens is 316 g/mol. The van der Waals surface area contributed by atoms with Gasteiger partial charge in [-0.2, -0.15) is 11.8 Å². The minimum absolute atomic E-state index is 0.0617. The van der Waals surface area contributed by atoms with E-state index in [1.165, 1.54) is 0 Å². The van der Waals surface area contributed by atoms with Gasteiger partial charge in [-0.05, 0) is 39.0 Å². The van der Waals surface area contributed by atoms with Gasteiger partial charge in [0.1, 0.15) is 5.60 Å². The van der Waals surface area contributed by atoms with Crippen LogP contribution in [0.2, 0.25) is 0 Å². The molecule has 0 unspecified atom stereocenters. The number of ether oxygens (including phenoxy) is 1. The van der Waals surface area contributed by atoms with Crippen molar-refractivity contribution >= 4 is 35.2 Å². The molecule has 0 radical (unpaired) electrons. The fourth-order valence-corrected chi connectivity index (χ4v) is 3.15. The summed E-state index contributed by atoms with van der Waals surface area (Å²) in [4.78, 5) is 25.5. The van der Waals surface area contributed by atoms with E-state index < -0.39 is 17.7 Å². The van der Waals surface area contributed by atoms with Crippen molar-refractivity contribution in [3.05, 3.63) is 23.8 Å². The Bertz CT molecular complexity index is 592. The van der Waals surface area contributed by atoms with Gasteiger partial charge < -0.3 is 14.7 Å². The summed E-state index contributed by atoms with van der Waals surface area (Å²) in [6.45, 7) is 7.04. The first-order valence-corrected chi connectivity index (χ1v) is 8.62. The number of hydrogen-bond donors (Lipinski definition) is 2. The van der Waals surface area contributed by atoms with Crippen molar-refractivity contribution in [2.24, 2.45) is 0 Å². The zero-order chi connectivity index (χ0) is 17.0. The van der Waals surface area contributed by atoms with Crippen molar-refractivity contribution in [2.45, 2.75) is 26.4 Å². The monoisotopic (exact) mass is 338 g/mol. The predicted molar refractivity (Wildman–Crippen MR) is 92.8 cm³/mol. The van der Waals surface area contributed by atoms with Crippen LogP contribution in [0.3, 0.4) is 0 Å². The summed E-state index contributed by atoms with van der Waals surface area (Å²) in [5.74, 6) is 0.977. The molecule has 0 spiro atoms. The number of benzene rings is 1. The van der Waals surface area contributed by atoms with Crippen molar-refractivity contribution in [1.29, 1.82) is 0 Å². The highest BCUT2D eigenvalue weighted by molar-refractivity contribution is 7.99. The molecule has 0 aliphatic carbocycles. The summed E-state index contributed by atoms with van der Waals surface area (Å²) < 4.78 is 5.17. The van der Waals surface area contributed by atoms with Gasteiger partial charge in [-0.25, -0.2) is 9.59 Å². The van der Waals surface area contributed by atoms with Gasteiger partial charge in [-0.15, -0.1) is 0 Å². The van der Waals surface area contributed by atoms with E-state index in [0.29, 0.717) is 0 Å². The molecule has 1 aromatic carbocycles. The normalized spacial score (nSPS) is 15.2. The maximum absolute atomic E-state index is 11.9. The molecule has 1 saturated heterocycles. The molecule has 1 aliphatic heterocycles. The van der Waals surface area contributed by atoms with Gasteiger partial charge in [0, 0.05) is 30.3 Å². The van der Waals surface area contributed by atoms with Crippen LogP contribution in [0.4, 0.5) is 16.2 Å². The first-order valence-electron chi connectivity index (χ1n) is 7.46. The van der Waals surface area contributed by atoms with Gasteiger partial charge in [0.2, 0.25) is 0 Å². The van der Waals surface area contributed by atoms with Gasteiger partial charge in [0.15, 0.2) is 0 Å². The number of anilines is 2. The number of rotatable bonds is 3. The lowest BCUT2D eigenvalue weighted by molar-refractivity contribution is 0.0636. The van der Waals surface area contributed by atoms with Gasteiger partial charge >= 0.3 is 12.1 Å². The van der Waals surface area contributed by atoms with Crippen LogP contribution in [0.15, 0.2) is 18.2 Å². The molecule has 1 aromatic rings. The molecule has 7 heteroatoms. The third-order valence-electron chi connectivity index (χ3n) is 3.25. The van der Waals surface area contributed by atoms with Crippen LogP contribution in [0.1, 0.15) is 31.1 Å². The average molecular weight is 338 g/mol. The van der Waals surface area contributed by atoms with Crippen LogP contribution >= 0.6 is 11.8 Å². The summed E-state index contributed by atoms with van der Waals surface area (Å²) in [6, 6.07) is 5.05. The van der Waals surface area contributed by atoms with E-state index in [4.69, 9.17) is 4.74 Å². The standard InChI is InChI=1S/C16H22N2O4S/c1-16(2,3)22-15(21)17-13-5-4-11(10-12(13)14(19)20)18-6-8-23-9-7-18/h4-5,10H,6-9H2,1-3H3,(H,17,21)(H,19,20). The highest BCUT2D eigenvalue weighted by Gasteiger charge is 2.20. The van der Waals surface area contributed by atoms with Crippen molar-refractivity contribution < 1.29 is 19.4 Å². The van der Waals surface area contributed by atoms with Crippen molar-refractivity contribution in [3.63, 3.8) is 0 Å². The fraction of sp³-hybridized carbons (Fsp3) is 0.500. The van der Waals surface area contributed by atoms with E-state index in [1.807, 2.05) is 17.8 Å². The van der Waals surface area contributed by atoms with Crippen LogP contribution in [-0.2, 0) is 4.74 Å². The van der Waals surface area contributed by atoms with Crippen molar-refractivity contribution in [1.82, 2.24) is 0 Å². The van der Waals surface area contributed by atoms with Gasteiger partial charge in [-0.3, -0.25) is 5.32 Å². The molecule has 126 valence electrons. The number of hydrogen-bond acceptors (Lipinski definition) is 5. The van der Waals surface area contributed by atoms with Crippen LogP contribution in [-0.4, -0.2) is 47.4 Å². The maximum Gasteiger partial charge on any atom is 0.412 e. The fourth-order valence-electron chi connectivity index (χ4n) is 2.25. The second-order valence-corrected chi connectivity index (χ2v) is 7.49. The number of nitrogens with one attached hydrogen (secondary N) is 1. The summed E-state index contributed by atoms with van der Waals surface area (Å²) in [7, 11) is 0. The molecule has 6 nitrogen and oxygen atoms in total. The van der Waals surface area contributed by atoms with Gasteiger partial charge in [-0.1, -0.05) is 0 Å². The molecule has 0 bridgehead atoms. The SMILES string of the molecule is CC(C)(C)OC(=O)Nc1ccc(N2CCSCC2)cc1C(=O)O. The van der Waals surface area contributed by atoms with Crippen LogP contribution in [0.25, 0.3) is 0 Å². The van der Waals surface area contributed by atoms with Crippen LogP contribution in [0.5, 0.6) is 0 Å². The summed E-state index contributed by atoms with van der Waals surface area (Å²) in [5, 5.41) is 11.9. The molecule has 2 rings (SSSR count). The topological polar surface area (TPSA) is 78.9 Å². The summed E-state index contributed by atoms with van der Waals surface area (Å²) in [5.41, 5.74) is 0.518. The molecular formula is C16H22N2O4S. The Kier molecular flexibility index (Phi) is 5.41. The lowest BCUT2D eigenvalue weighted by atomic mass is 10.1. The first-order chi connectivity index (χ1) is 10.8. The number of carboxylic acids is 1. The molecule has 1 aliphatic rings. The van der Waals surface area contributed by atoms with E-state index in [9.17, 15) is 14.7 Å². The van der Waals surface area contributed by atoms with E-state index in [2.05, 4.69) is 10.2 Å². The highest BCUT2D eigenvalue weighted by atomic mass is 32.2. The molecule has 0 atom stereocenters. The average Bonchev–Trinajstić information content (AvgIpc) is 2.46. The van der Waals surface area contributed by atoms with Gasteiger partial charge in [0.05, 0.1) is 11.3 Å². The van der Waals surface area contributed by atoms with Gasteiger partial charge in [0.25, 0.3) is 0 Å². The van der Waals surface area contributed by atoms with Crippen LogP contribution < -0.4 is 10.2 Å². The van der Waals surface area contributed by atoms with Crippen LogP contribution in [0, 0.1) is 0 Å². The Balaban J connectivity index is 2.19. The highest BCUT2D eigenvalue weighted by Crippen LogP contribution is 2.26. The Morgan fingerprint density at radius 2 is 1.91 bits per heavy atom. The number of carbonyl (C=O) groups excluding carboxylic acids is 1. The number of nitrogens with zero attached hydrogens (tertiary/aromatic N) is 1. The number of carboxylic acid groups (broad SMARTS) is 1. The molecule has 2 N–H and O–H groups in total. The quantitative estimate of drug-likeness (QED) is 0.880. The lowest BCUT2D eigenvalue weighted by Gasteiger charge is -2.29. The largest absolute Gasteiger partial charge is 0.478 e. The number of aromatic carboxylic acids is 1.